The summed E-state index contributed by atoms with van der Waals surface area (Å²) in [4.78, 5) is 0. The smallest absolute Gasteiger partial charge is 0.0600 e. The lowest BCUT2D eigenvalue weighted by molar-refractivity contribution is -0.129. The van der Waals surface area contributed by atoms with Crippen molar-refractivity contribution < 1.29 is 10.2 Å². The van der Waals surface area contributed by atoms with Crippen LogP contribution in [0.1, 0.15) is 64.7 Å². The van der Waals surface area contributed by atoms with Crippen LogP contribution < -0.4 is 0 Å². The van der Waals surface area contributed by atoms with Gasteiger partial charge in [0.05, 0.1) is 12.2 Å². The molecule has 0 saturated heterocycles. The minimum Gasteiger partial charge on any atom is -0.393 e. The molecule has 2 N–H and O–H groups in total. The summed E-state index contributed by atoms with van der Waals surface area (Å²) in [6, 6.07) is 0. The fraction of sp³-hybridized carbons (Fsp3) is 0.895. The standard InChI is InChI=1S/C19H30O2/c1-2-19-11-16(20)18-13-6-4-3-5-12(13)7-8-14(18)15(19)9-10-17(19)21/h5,13-18,20-21H,2-4,6-11H2,1H3/t13-,14-,15-,16+,17?,18+,19-/m0/s1. The van der Waals surface area contributed by atoms with Crippen molar-refractivity contribution in [2.45, 2.75) is 76.9 Å². The van der Waals surface area contributed by atoms with Crippen molar-refractivity contribution in [1.82, 2.24) is 0 Å². The second kappa shape index (κ2) is 5.09. The van der Waals surface area contributed by atoms with E-state index in [0.717, 1.165) is 19.3 Å². The molecule has 3 saturated carbocycles. The predicted octanol–water partition coefficient (Wildman–Crippen LogP) is 3.67. The van der Waals surface area contributed by atoms with Gasteiger partial charge in [0.2, 0.25) is 0 Å². The van der Waals surface area contributed by atoms with Gasteiger partial charge in [0, 0.05) is 5.41 Å². The average molecular weight is 290 g/mol. The molecule has 0 aromatic carbocycles. The topological polar surface area (TPSA) is 40.5 Å². The zero-order valence-electron chi connectivity index (χ0n) is 13.3. The maximum Gasteiger partial charge on any atom is 0.0600 e. The van der Waals surface area contributed by atoms with Gasteiger partial charge in [-0.2, -0.15) is 0 Å². The van der Waals surface area contributed by atoms with Crippen molar-refractivity contribution in [3.8, 4) is 0 Å². The Morgan fingerprint density at radius 3 is 2.86 bits per heavy atom. The second-order valence-electron chi connectivity index (χ2n) is 8.15. The molecular weight excluding hydrogens is 260 g/mol. The Kier molecular flexibility index (Phi) is 3.46. The number of aliphatic hydroxyl groups is 2. The highest BCUT2D eigenvalue weighted by atomic mass is 16.3. The number of fused-ring (bicyclic) bond motifs is 5. The van der Waals surface area contributed by atoms with Crippen LogP contribution in [0.5, 0.6) is 0 Å². The fourth-order valence-corrected chi connectivity index (χ4v) is 6.79. The minimum absolute atomic E-state index is 0.0243. The Bertz CT molecular complexity index is 443. The predicted molar refractivity (Wildman–Crippen MR) is 83.7 cm³/mol. The normalized spacial score (nSPS) is 52.6. The Labute approximate surface area is 128 Å². The summed E-state index contributed by atoms with van der Waals surface area (Å²) in [7, 11) is 0. The van der Waals surface area contributed by atoms with E-state index in [-0.39, 0.29) is 17.6 Å². The van der Waals surface area contributed by atoms with E-state index in [4.69, 9.17) is 0 Å². The Morgan fingerprint density at radius 1 is 1.19 bits per heavy atom. The quantitative estimate of drug-likeness (QED) is 0.723. The molecule has 4 rings (SSSR count). The van der Waals surface area contributed by atoms with Crippen LogP contribution in [-0.4, -0.2) is 22.4 Å². The molecule has 1 unspecified atom stereocenters. The summed E-state index contributed by atoms with van der Waals surface area (Å²) < 4.78 is 0. The summed E-state index contributed by atoms with van der Waals surface area (Å²) in [6.07, 6.45) is 12.5. The molecule has 0 heterocycles. The van der Waals surface area contributed by atoms with Gasteiger partial charge in [-0.15, -0.1) is 0 Å². The molecular formula is C19H30O2. The lowest BCUT2D eigenvalue weighted by atomic mass is 9.50. The van der Waals surface area contributed by atoms with E-state index in [1.165, 1.54) is 38.5 Å². The Balaban J connectivity index is 1.69. The zero-order valence-corrected chi connectivity index (χ0v) is 13.3. The van der Waals surface area contributed by atoms with E-state index in [1.54, 1.807) is 5.57 Å². The van der Waals surface area contributed by atoms with E-state index in [9.17, 15) is 10.2 Å². The van der Waals surface area contributed by atoms with Gasteiger partial charge in [-0.1, -0.05) is 18.6 Å². The van der Waals surface area contributed by atoms with Crippen molar-refractivity contribution in [2.24, 2.45) is 29.1 Å². The molecule has 21 heavy (non-hydrogen) atoms. The van der Waals surface area contributed by atoms with Crippen LogP contribution in [0.25, 0.3) is 0 Å². The highest BCUT2D eigenvalue weighted by molar-refractivity contribution is 5.20. The van der Waals surface area contributed by atoms with Gasteiger partial charge in [0.25, 0.3) is 0 Å². The Morgan fingerprint density at radius 2 is 2.05 bits per heavy atom. The zero-order chi connectivity index (χ0) is 14.6. The van der Waals surface area contributed by atoms with Crippen LogP contribution in [0.3, 0.4) is 0 Å². The molecule has 2 nitrogen and oxygen atoms in total. The number of hydrogen-bond donors (Lipinski definition) is 2. The molecule has 7 atom stereocenters. The van der Waals surface area contributed by atoms with Gasteiger partial charge >= 0.3 is 0 Å². The lowest BCUT2D eigenvalue weighted by Crippen LogP contribution is -2.54. The first-order valence-electron chi connectivity index (χ1n) is 9.22. The van der Waals surface area contributed by atoms with Gasteiger partial charge in [0.15, 0.2) is 0 Å². The summed E-state index contributed by atoms with van der Waals surface area (Å²) in [5.74, 6) is 2.46. The Hall–Kier alpha value is -0.340. The van der Waals surface area contributed by atoms with Crippen molar-refractivity contribution in [3.63, 3.8) is 0 Å². The van der Waals surface area contributed by atoms with Gasteiger partial charge in [-0.25, -0.2) is 0 Å². The highest BCUT2D eigenvalue weighted by Gasteiger charge is 2.59. The monoisotopic (exact) mass is 290 g/mol. The molecule has 0 spiro atoms. The first kappa shape index (κ1) is 14.3. The largest absolute Gasteiger partial charge is 0.393 e. The summed E-state index contributed by atoms with van der Waals surface area (Å²) in [5.41, 5.74) is 1.68. The summed E-state index contributed by atoms with van der Waals surface area (Å²) in [6.45, 7) is 2.23. The third-order valence-electron chi connectivity index (χ3n) is 7.69. The van der Waals surface area contributed by atoms with Gasteiger partial charge < -0.3 is 10.2 Å². The molecule has 0 amide bonds. The van der Waals surface area contributed by atoms with Gasteiger partial charge in [-0.05, 0) is 81.5 Å². The van der Waals surface area contributed by atoms with Gasteiger partial charge in [-0.3, -0.25) is 0 Å². The van der Waals surface area contributed by atoms with Crippen LogP contribution in [-0.2, 0) is 0 Å². The SMILES string of the molecule is CC[C@]12C[C@@H](O)[C@H]3[C@@H](CCC4=CCCC[C@@H]43)[C@@H]1CCC2O. The number of rotatable bonds is 1. The number of allylic oxidation sites excluding steroid dienone is 2. The average Bonchev–Trinajstić information content (AvgIpc) is 2.84. The molecule has 2 heteroatoms. The maximum absolute atomic E-state index is 11.0. The first-order chi connectivity index (χ1) is 10.2. The van der Waals surface area contributed by atoms with E-state index >= 15 is 0 Å². The first-order valence-corrected chi connectivity index (χ1v) is 9.22. The third-order valence-corrected chi connectivity index (χ3v) is 7.69. The van der Waals surface area contributed by atoms with Crippen LogP contribution in [0.15, 0.2) is 11.6 Å². The molecule has 0 aliphatic heterocycles. The maximum atomic E-state index is 11.0. The highest BCUT2D eigenvalue weighted by Crippen LogP contribution is 2.63. The lowest BCUT2D eigenvalue weighted by Gasteiger charge is -2.56. The molecule has 3 fully saturated rings. The molecule has 118 valence electrons. The van der Waals surface area contributed by atoms with Crippen molar-refractivity contribution in [3.05, 3.63) is 11.6 Å². The van der Waals surface area contributed by atoms with E-state index in [2.05, 4.69) is 13.0 Å². The van der Waals surface area contributed by atoms with E-state index < -0.39 is 0 Å². The summed E-state index contributed by atoms with van der Waals surface area (Å²) >= 11 is 0. The van der Waals surface area contributed by atoms with Crippen molar-refractivity contribution in [2.75, 3.05) is 0 Å². The second-order valence-corrected chi connectivity index (χ2v) is 8.15. The fourth-order valence-electron chi connectivity index (χ4n) is 6.79. The van der Waals surface area contributed by atoms with Crippen LogP contribution in [0.4, 0.5) is 0 Å². The molecule has 0 radical (unpaired) electrons. The molecule has 0 aromatic rings. The van der Waals surface area contributed by atoms with E-state index in [0.29, 0.717) is 23.7 Å². The van der Waals surface area contributed by atoms with Crippen molar-refractivity contribution in [1.29, 1.82) is 0 Å². The third kappa shape index (κ3) is 1.91. The van der Waals surface area contributed by atoms with Crippen LogP contribution in [0, 0.1) is 29.1 Å². The minimum atomic E-state index is -0.189. The molecule has 4 aliphatic carbocycles. The summed E-state index contributed by atoms with van der Waals surface area (Å²) in [5, 5.41) is 21.6. The molecule has 0 aromatic heterocycles. The van der Waals surface area contributed by atoms with Crippen molar-refractivity contribution >= 4 is 0 Å². The van der Waals surface area contributed by atoms with E-state index in [1.807, 2.05) is 0 Å². The molecule has 4 aliphatic rings. The molecule has 0 bridgehead atoms. The number of aliphatic hydroxyl groups excluding tert-OH is 2. The number of hydrogen-bond acceptors (Lipinski definition) is 2. The van der Waals surface area contributed by atoms with Gasteiger partial charge in [0.1, 0.15) is 0 Å². The van der Waals surface area contributed by atoms with Crippen LogP contribution in [0.2, 0.25) is 0 Å². The van der Waals surface area contributed by atoms with Crippen LogP contribution >= 0.6 is 0 Å².